The van der Waals surface area contributed by atoms with Crippen molar-refractivity contribution in [2.75, 3.05) is 24.2 Å². The molecule has 3 N–H and O–H groups in total. The predicted molar refractivity (Wildman–Crippen MR) is 84.4 cm³/mol. The highest BCUT2D eigenvalue weighted by atomic mass is 32.1. The number of nitrogens with zero attached hydrogens (tertiary/aromatic N) is 2. The fourth-order valence-electron chi connectivity index (χ4n) is 2.57. The minimum Gasteiger partial charge on any atom is -0.382 e. The van der Waals surface area contributed by atoms with E-state index in [4.69, 9.17) is 5.73 Å². The van der Waals surface area contributed by atoms with E-state index in [1.54, 1.807) is 0 Å². The maximum absolute atomic E-state index is 12.4. The third kappa shape index (κ3) is 3.23. The Kier molecular flexibility index (Phi) is 4.52. The van der Waals surface area contributed by atoms with Gasteiger partial charge >= 0.3 is 0 Å². The van der Waals surface area contributed by atoms with Gasteiger partial charge in [0, 0.05) is 19.1 Å². The summed E-state index contributed by atoms with van der Waals surface area (Å²) >= 11 is 1.37. The van der Waals surface area contributed by atoms with E-state index in [9.17, 15) is 4.79 Å². The van der Waals surface area contributed by atoms with Gasteiger partial charge in [0.15, 0.2) is 5.13 Å². The molecule has 0 aliphatic heterocycles. The van der Waals surface area contributed by atoms with E-state index in [0.717, 1.165) is 24.5 Å². The number of carbonyl (C=O) groups excluding carboxylic acids is 1. The maximum atomic E-state index is 12.4. The van der Waals surface area contributed by atoms with Crippen LogP contribution in [0.5, 0.6) is 0 Å². The summed E-state index contributed by atoms with van der Waals surface area (Å²) in [6, 6.07) is 0. The van der Waals surface area contributed by atoms with Gasteiger partial charge in [-0.3, -0.25) is 4.79 Å². The summed E-state index contributed by atoms with van der Waals surface area (Å²) in [6.45, 7) is 5.01. The van der Waals surface area contributed by atoms with Gasteiger partial charge in [0.2, 0.25) is 0 Å². The monoisotopic (exact) mass is 296 g/mol. The molecule has 0 aromatic carbocycles. The van der Waals surface area contributed by atoms with E-state index >= 15 is 0 Å². The second-order valence-electron chi connectivity index (χ2n) is 5.80. The Labute approximate surface area is 124 Å². The lowest BCUT2D eigenvalue weighted by Crippen LogP contribution is -2.47. The lowest BCUT2D eigenvalue weighted by Gasteiger charge is -2.34. The molecule has 1 saturated carbocycles. The first-order valence-electron chi connectivity index (χ1n) is 7.25. The van der Waals surface area contributed by atoms with Crippen molar-refractivity contribution in [3.8, 4) is 0 Å². The predicted octanol–water partition coefficient (Wildman–Crippen LogP) is 2.63. The van der Waals surface area contributed by atoms with Crippen LogP contribution in [-0.2, 0) is 0 Å². The molecule has 1 heterocycles. The van der Waals surface area contributed by atoms with Crippen LogP contribution in [0.1, 0.15) is 55.6 Å². The van der Waals surface area contributed by atoms with Crippen LogP contribution in [0.25, 0.3) is 0 Å². The SMILES string of the molecule is CCN(C)c1nc(N)c(C(=O)NC2(C)CCCCC2)s1. The fraction of sp³-hybridized carbons (Fsp3) is 0.714. The number of hydrogen-bond donors (Lipinski definition) is 2. The van der Waals surface area contributed by atoms with E-state index in [0.29, 0.717) is 10.7 Å². The quantitative estimate of drug-likeness (QED) is 0.896. The standard InChI is InChI=1S/C14H24N4OS/c1-4-18(3)13-16-11(15)10(20-13)12(19)17-14(2)8-6-5-7-9-14/h4-9,15H2,1-3H3,(H,17,19). The van der Waals surface area contributed by atoms with Gasteiger partial charge in [-0.1, -0.05) is 30.6 Å². The van der Waals surface area contributed by atoms with Crippen molar-refractivity contribution in [2.24, 2.45) is 0 Å². The van der Waals surface area contributed by atoms with Crippen LogP contribution >= 0.6 is 11.3 Å². The van der Waals surface area contributed by atoms with Crippen molar-refractivity contribution in [1.82, 2.24) is 10.3 Å². The zero-order chi connectivity index (χ0) is 14.8. The number of nitrogens with one attached hydrogen (secondary N) is 1. The third-order valence-corrected chi connectivity index (χ3v) is 5.21. The van der Waals surface area contributed by atoms with E-state index in [-0.39, 0.29) is 11.4 Å². The summed E-state index contributed by atoms with van der Waals surface area (Å²) in [5, 5.41) is 3.95. The highest BCUT2D eigenvalue weighted by Crippen LogP contribution is 2.31. The van der Waals surface area contributed by atoms with Gasteiger partial charge in [-0.15, -0.1) is 0 Å². The average Bonchev–Trinajstić information content (AvgIpc) is 2.80. The first-order valence-corrected chi connectivity index (χ1v) is 8.07. The molecule has 0 saturated heterocycles. The third-order valence-electron chi connectivity index (χ3n) is 4.02. The molecule has 5 nitrogen and oxygen atoms in total. The summed E-state index contributed by atoms with van der Waals surface area (Å²) < 4.78 is 0. The van der Waals surface area contributed by atoms with Gasteiger partial charge in [-0.2, -0.15) is 0 Å². The summed E-state index contributed by atoms with van der Waals surface area (Å²) in [5.74, 6) is 0.252. The van der Waals surface area contributed by atoms with Crippen LogP contribution in [0, 0.1) is 0 Å². The number of hydrogen-bond acceptors (Lipinski definition) is 5. The molecule has 112 valence electrons. The van der Waals surface area contributed by atoms with Crippen molar-refractivity contribution < 1.29 is 4.79 Å². The Morgan fingerprint density at radius 1 is 1.45 bits per heavy atom. The fourth-order valence-corrected chi connectivity index (χ4v) is 3.47. The molecule has 6 heteroatoms. The average molecular weight is 296 g/mol. The highest BCUT2D eigenvalue weighted by Gasteiger charge is 2.30. The van der Waals surface area contributed by atoms with Gasteiger partial charge in [0.25, 0.3) is 5.91 Å². The zero-order valence-corrected chi connectivity index (χ0v) is 13.3. The Bertz CT molecular complexity index is 480. The molecule has 1 aromatic heterocycles. The number of carbonyl (C=O) groups is 1. The molecule has 2 rings (SSSR count). The van der Waals surface area contributed by atoms with Gasteiger partial charge in [-0.25, -0.2) is 4.98 Å². The molecule has 1 amide bonds. The molecule has 0 unspecified atom stereocenters. The second kappa shape index (κ2) is 5.99. The van der Waals surface area contributed by atoms with Crippen molar-refractivity contribution >= 4 is 28.2 Å². The lowest BCUT2D eigenvalue weighted by molar-refractivity contribution is 0.0887. The number of aromatic nitrogens is 1. The van der Waals surface area contributed by atoms with E-state index in [2.05, 4.69) is 17.2 Å². The molecular weight excluding hydrogens is 272 g/mol. The molecule has 1 aromatic rings. The van der Waals surface area contributed by atoms with E-state index in [1.807, 2.05) is 18.9 Å². The van der Waals surface area contributed by atoms with Crippen LogP contribution in [-0.4, -0.2) is 30.0 Å². The molecule has 0 radical (unpaired) electrons. The largest absolute Gasteiger partial charge is 0.382 e. The minimum atomic E-state index is -0.0947. The molecule has 0 atom stereocenters. The zero-order valence-electron chi connectivity index (χ0n) is 12.5. The number of rotatable bonds is 4. The highest BCUT2D eigenvalue weighted by molar-refractivity contribution is 7.18. The maximum Gasteiger partial charge on any atom is 0.265 e. The van der Waals surface area contributed by atoms with Crippen molar-refractivity contribution in [3.05, 3.63) is 4.88 Å². The van der Waals surface area contributed by atoms with Crippen molar-refractivity contribution in [2.45, 2.75) is 51.5 Å². The van der Waals surface area contributed by atoms with Gasteiger partial charge in [0.1, 0.15) is 10.7 Å². The van der Waals surface area contributed by atoms with Crippen LogP contribution in [0.15, 0.2) is 0 Å². The molecule has 1 aliphatic rings. The smallest absolute Gasteiger partial charge is 0.265 e. The molecule has 0 spiro atoms. The lowest BCUT2D eigenvalue weighted by atomic mass is 9.83. The summed E-state index contributed by atoms with van der Waals surface area (Å²) in [4.78, 5) is 19.2. The number of thiazole rings is 1. The summed E-state index contributed by atoms with van der Waals surface area (Å²) in [7, 11) is 1.95. The first-order chi connectivity index (χ1) is 9.45. The van der Waals surface area contributed by atoms with Crippen LogP contribution in [0.2, 0.25) is 0 Å². The number of nitrogens with two attached hydrogens (primary N) is 1. The van der Waals surface area contributed by atoms with Crippen molar-refractivity contribution in [3.63, 3.8) is 0 Å². The molecule has 1 fully saturated rings. The second-order valence-corrected chi connectivity index (χ2v) is 6.78. The Balaban J connectivity index is 2.11. The van der Waals surface area contributed by atoms with Gasteiger partial charge in [-0.05, 0) is 26.7 Å². The molecule has 20 heavy (non-hydrogen) atoms. The van der Waals surface area contributed by atoms with Crippen molar-refractivity contribution in [1.29, 1.82) is 0 Å². The van der Waals surface area contributed by atoms with Crippen LogP contribution in [0.4, 0.5) is 10.9 Å². The first kappa shape index (κ1) is 15.1. The Hall–Kier alpha value is -1.30. The molecule has 0 bridgehead atoms. The summed E-state index contributed by atoms with van der Waals surface area (Å²) in [6.07, 6.45) is 5.70. The number of nitrogen functional groups attached to an aromatic ring is 1. The normalized spacial score (nSPS) is 17.8. The van der Waals surface area contributed by atoms with E-state index in [1.165, 1.54) is 30.6 Å². The van der Waals surface area contributed by atoms with Gasteiger partial charge in [0.05, 0.1) is 0 Å². The topological polar surface area (TPSA) is 71.2 Å². The summed E-state index contributed by atoms with van der Waals surface area (Å²) in [5.41, 5.74) is 5.80. The van der Waals surface area contributed by atoms with Gasteiger partial charge < -0.3 is 16.0 Å². The van der Waals surface area contributed by atoms with Crippen LogP contribution in [0.3, 0.4) is 0 Å². The Morgan fingerprint density at radius 2 is 2.10 bits per heavy atom. The molecule has 1 aliphatic carbocycles. The number of anilines is 2. The van der Waals surface area contributed by atoms with Crippen LogP contribution < -0.4 is 16.0 Å². The van der Waals surface area contributed by atoms with E-state index < -0.39 is 0 Å². The number of amides is 1. The molecular formula is C14H24N4OS. The Morgan fingerprint density at radius 3 is 2.70 bits per heavy atom. The minimum absolute atomic E-state index is 0.0832.